The van der Waals surface area contributed by atoms with Crippen molar-refractivity contribution in [1.82, 2.24) is 23.9 Å². The number of aromatic nitrogens is 5. The summed E-state index contributed by atoms with van der Waals surface area (Å²) >= 11 is 0. The Balaban J connectivity index is 1.44. The van der Waals surface area contributed by atoms with Crippen molar-refractivity contribution in [2.75, 3.05) is 6.61 Å². The zero-order valence-corrected chi connectivity index (χ0v) is 16.6. The summed E-state index contributed by atoms with van der Waals surface area (Å²) in [5.41, 5.74) is 1.49. The fourth-order valence-corrected chi connectivity index (χ4v) is 4.95. The van der Waals surface area contributed by atoms with Gasteiger partial charge >= 0.3 is 7.82 Å². The average molecular weight is 445 g/mol. The number of aliphatic hydroxyl groups excluding tert-OH is 1. The fraction of sp³-hybridized carbons (Fsp3) is 0.278. The molecule has 6 rings (SSSR count). The first-order chi connectivity index (χ1) is 14.9. The van der Waals surface area contributed by atoms with Crippen molar-refractivity contribution in [3.05, 3.63) is 53.2 Å². The van der Waals surface area contributed by atoms with Gasteiger partial charge in [0.2, 0.25) is 5.78 Å². The Morgan fingerprint density at radius 2 is 2.06 bits per heavy atom. The quantitative estimate of drug-likeness (QED) is 0.381. The molecule has 5 atom stereocenters. The third-order valence-corrected chi connectivity index (χ3v) is 6.44. The number of phosphoric ester groups is 1. The van der Waals surface area contributed by atoms with Gasteiger partial charge in [0.05, 0.1) is 18.6 Å². The smallest absolute Gasteiger partial charge is 0.386 e. The van der Waals surface area contributed by atoms with E-state index < -0.39 is 32.4 Å². The van der Waals surface area contributed by atoms with E-state index in [-0.39, 0.29) is 23.3 Å². The molecule has 13 heteroatoms. The van der Waals surface area contributed by atoms with Gasteiger partial charge < -0.3 is 19.7 Å². The summed E-state index contributed by atoms with van der Waals surface area (Å²) in [6.07, 6.45) is -1.16. The number of H-pyrrole nitrogens is 1. The fourth-order valence-electron chi connectivity index (χ4n) is 3.99. The van der Waals surface area contributed by atoms with Gasteiger partial charge in [-0.25, -0.2) is 13.9 Å². The Morgan fingerprint density at radius 1 is 1.26 bits per heavy atom. The van der Waals surface area contributed by atoms with E-state index in [1.54, 1.807) is 6.20 Å². The zero-order chi connectivity index (χ0) is 21.3. The number of fused-ring (bicyclic) bond motifs is 3. The van der Waals surface area contributed by atoms with Crippen LogP contribution in [0, 0.1) is 0 Å². The molecule has 0 radical (unpaired) electrons. The number of imidazole rings is 2. The van der Waals surface area contributed by atoms with E-state index in [1.807, 2.05) is 30.3 Å². The summed E-state index contributed by atoms with van der Waals surface area (Å²) in [7, 11) is -4.25. The summed E-state index contributed by atoms with van der Waals surface area (Å²) in [4.78, 5) is 34.3. The predicted molar refractivity (Wildman–Crippen MR) is 105 cm³/mol. The summed E-state index contributed by atoms with van der Waals surface area (Å²) < 4.78 is 30.0. The van der Waals surface area contributed by atoms with Crippen LogP contribution in [0.3, 0.4) is 0 Å². The molecule has 1 aromatic carbocycles. The first kappa shape index (κ1) is 18.9. The highest BCUT2D eigenvalue weighted by molar-refractivity contribution is 7.47. The van der Waals surface area contributed by atoms with Crippen LogP contribution in [0.2, 0.25) is 0 Å². The number of hydrogen-bond acceptors (Lipinski definition) is 8. The van der Waals surface area contributed by atoms with Crippen molar-refractivity contribution in [2.45, 2.75) is 24.5 Å². The standard InChI is InChI=1S/C18H16N5O7P/c24-13-14-11(7-28-31(26,27)30-14)29-17(13)23-8-19-12-15(23)21-18-20-10(6-22(18)16(12)25)9-4-2-1-3-5-9/h1-6,8,11,13-14,17,24H,7H2,(H,20,21)(H,26,27). The minimum Gasteiger partial charge on any atom is -0.386 e. The minimum atomic E-state index is -4.25. The van der Waals surface area contributed by atoms with E-state index >= 15 is 0 Å². The summed E-state index contributed by atoms with van der Waals surface area (Å²) in [6.45, 7) is -0.212. The van der Waals surface area contributed by atoms with Gasteiger partial charge in [0, 0.05) is 6.20 Å². The van der Waals surface area contributed by atoms with E-state index in [4.69, 9.17) is 13.8 Å². The molecule has 0 aliphatic carbocycles. The van der Waals surface area contributed by atoms with Gasteiger partial charge in [-0.1, -0.05) is 30.3 Å². The molecule has 2 fully saturated rings. The minimum absolute atomic E-state index is 0.0896. The number of ether oxygens (including phenoxy) is 1. The van der Waals surface area contributed by atoms with Crippen LogP contribution in [0.25, 0.3) is 28.2 Å². The van der Waals surface area contributed by atoms with Crippen LogP contribution in [-0.2, 0) is 18.3 Å². The van der Waals surface area contributed by atoms with Crippen molar-refractivity contribution in [3.63, 3.8) is 0 Å². The van der Waals surface area contributed by atoms with Gasteiger partial charge in [-0.15, -0.1) is 0 Å². The number of aromatic amines is 1. The van der Waals surface area contributed by atoms with Crippen molar-refractivity contribution < 1.29 is 28.3 Å². The molecule has 12 nitrogen and oxygen atoms in total. The van der Waals surface area contributed by atoms with E-state index in [1.165, 1.54) is 15.3 Å². The first-order valence-corrected chi connectivity index (χ1v) is 10.9. The van der Waals surface area contributed by atoms with E-state index in [0.717, 1.165) is 5.56 Å². The maximum Gasteiger partial charge on any atom is 0.472 e. The normalized spacial score (nSPS) is 30.8. The summed E-state index contributed by atoms with van der Waals surface area (Å²) in [5, 5.41) is 10.7. The molecule has 0 bridgehead atoms. The lowest BCUT2D eigenvalue weighted by molar-refractivity contribution is -0.0664. The van der Waals surface area contributed by atoms with Crippen LogP contribution < -0.4 is 5.56 Å². The molecule has 3 N–H and O–H groups in total. The second-order valence-electron chi connectivity index (χ2n) is 7.36. The molecular formula is C18H16N5O7P. The van der Waals surface area contributed by atoms with Gasteiger partial charge in [-0.05, 0) is 5.56 Å². The molecule has 0 spiro atoms. The number of phosphoric acid groups is 1. The molecule has 3 aromatic heterocycles. The molecule has 4 aromatic rings. The highest BCUT2D eigenvalue weighted by Gasteiger charge is 2.52. The van der Waals surface area contributed by atoms with Gasteiger partial charge in [-0.2, -0.15) is 4.98 Å². The maximum absolute atomic E-state index is 13.0. The third-order valence-electron chi connectivity index (χ3n) is 5.46. The largest absolute Gasteiger partial charge is 0.472 e. The molecule has 0 saturated carbocycles. The van der Waals surface area contributed by atoms with Crippen molar-refractivity contribution in [2.24, 2.45) is 0 Å². The second-order valence-corrected chi connectivity index (χ2v) is 8.76. The monoisotopic (exact) mass is 445 g/mol. The van der Waals surface area contributed by atoms with E-state index in [2.05, 4.69) is 15.0 Å². The lowest BCUT2D eigenvalue weighted by atomic mass is 10.1. The molecule has 160 valence electrons. The van der Waals surface area contributed by atoms with Crippen molar-refractivity contribution in [1.29, 1.82) is 0 Å². The highest BCUT2D eigenvalue weighted by Crippen LogP contribution is 2.52. The molecule has 2 aliphatic heterocycles. The van der Waals surface area contributed by atoms with Crippen LogP contribution in [0.15, 0.2) is 47.7 Å². The van der Waals surface area contributed by atoms with Crippen molar-refractivity contribution >= 4 is 24.8 Å². The Bertz CT molecular complexity index is 1410. The van der Waals surface area contributed by atoms with Gasteiger partial charge in [0.25, 0.3) is 5.56 Å². The Labute approximate surface area is 173 Å². The Kier molecular flexibility index (Phi) is 4.00. The highest BCUT2D eigenvalue weighted by atomic mass is 31.2. The van der Waals surface area contributed by atoms with E-state index in [9.17, 15) is 19.4 Å². The molecule has 5 heterocycles. The van der Waals surface area contributed by atoms with Crippen molar-refractivity contribution in [3.8, 4) is 11.3 Å². The Hall–Kier alpha value is -2.86. The summed E-state index contributed by atoms with van der Waals surface area (Å²) in [6, 6.07) is 9.48. The number of nitrogens with zero attached hydrogens (tertiary/aromatic N) is 4. The zero-order valence-electron chi connectivity index (χ0n) is 15.7. The van der Waals surface area contributed by atoms with Gasteiger partial charge in [-0.3, -0.25) is 18.4 Å². The number of rotatable bonds is 2. The van der Waals surface area contributed by atoms with Gasteiger partial charge in [0.1, 0.15) is 18.3 Å². The predicted octanol–water partition coefficient (Wildman–Crippen LogP) is 0.813. The third kappa shape index (κ3) is 2.88. The maximum atomic E-state index is 13.0. The van der Waals surface area contributed by atoms with Crippen LogP contribution in [0.5, 0.6) is 0 Å². The lowest BCUT2D eigenvalue weighted by Gasteiger charge is -2.27. The summed E-state index contributed by atoms with van der Waals surface area (Å²) in [5.74, 6) is 0.294. The molecule has 2 saturated heterocycles. The number of hydrogen-bond donors (Lipinski definition) is 3. The topological polar surface area (TPSA) is 153 Å². The average Bonchev–Trinajstić information content (AvgIpc) is 3.45. The number of benzene rings is 1. The SMILES string of the molecule is O=c1c2ncn(C3OC4COP(=O)(O)OC4C3O)c2nc2[nH]c(-c3ccccc3)cn12. The second kappa shape index (κ2) is 6.57. The number of aliphatic hydroxyl groups is 1. The van der Waals surface area contributed by atoms with Crippen LogP contribution in [-0.4, -0.2) is 58.8 Å². The molecular weight excluding hydrogens is 429 g/mol. The van der Waals surface area contributed by atoms with Crippen LogP contribution in [0.4, 0.5) is 0 Å². The van der Waals surface area contributed by atoms with Crippen LogP contribution >= 0.6 is 7.82 Å². The molecule has 31 heavy (non-hydrogen) atoms. The van der Waals surface area contributed by atoms with Gasteiger partial charge in [0.15, 0.2) is 17.4 Å². The molecule has 5 unspecified atom stereocenters. The lowest BCUT2D eigenvalue weighted by Crippen LogP contribution is -2.39. The van der Waals surface area contributed by atoms with Crippen LogP contribution in [0.1, 0.15) is 6.23 Å². The molecule has 2 aliphatic rings. The first-order valence-electron chi connectivity index (χ1n) is 9.44. The van der Waals surface area contributed by atoms with E-state index in [0.29, 0.717) is 11.5 Å². The number of nitrogens with one attached hydrogen (secondary N) is 1. The molecule has 0 amide bonds. The Morgan fingerprint density at radius 3 is 2.87 bits per heavy atom.